The minimum absolute atomic E-state index is 0.0708. The average molecular weight is 663 g/mol. The van der Waals surface area contributed by atoms with Crippen molar-refractivity contribution in [3.05, 3.63) is 211 Å². The normalized spacial score (nSPS) is 13.8. The lowest BCUT2D eigenvalue weighted by Crippen LogP contribution is -2.32. The second kappa shape index (κ2) is 12.5. The third-order valence-corrected chi connectivity index (χ3v) is 10.4. The molecule has 2 heteroatoms. The summed E-state index contributed by atoms with van der Waals surface area (Å²) in [6.07, 6.45) is 0. The van der Waals surface area contributed by atoms with Crippen molar-refractivity contribution >= 4 is 43.8 Å². The molecule has 0 spiro atoms. The lowest BCUT2D eigenvalue weighted by Gasteiger charge is -2.29. The van der Waals surface area contributed by atoms with E-state index in [-0.39, 0.29) is 6.04 Å². The fraction of sp³-hybridized carbons (Fsp3) is 0.0200. The van der Waals surface area contributed by atoms with Gasteiger partial charge in [0.15, 0.2) is 0 Å². The van der Waals surface area contributed by atoms with Crippen molar-refractivity contribution in [2.45, 2.75) is 6.04 Å². The van der Waals surface area contributed by atoms with Crippen LogP contribution in [0.2, 0.25) is 0 Å². The van der Waals surface area contributed by atoms with Gasteiger partial charge in [0.1, 0.15) is 5.84 Å². The number of nitrogens with one attached hydrogen (secondary N) is 1. The van der Waals surface area contributed by atoms with Gasteiger partial charge in [0.05, 0.1) is 11.7 Å². The molecule has 1 N–H and O–H groups in total. The topological polar surface area (TPSA) is 24.4 Å². The molecule has 52 heavy (non-hydrogen) atoms. The molecule has 9 aromatic rings. The van der Waals surface area contributed by atoms with Gasteiger partial charge in [-0.25, -0.2) is 4.99 Å². The molecule has 1 aliphatic heterocycles. The number of nitrogens with zero attached hydrogens (tertiary/aromatic N) is 1. The van der Waals surface area contributed by atoms with Crippen LogP contribution >= 0.6 is 0 Å². The summed E-state index contributed by atoms with van der Waals surface area (Å²) < 4.78 is 0. The summed E-state index contributed by atoms with van der Waals surface area (Å²) in [5.74, 6) is 0.863. The van der Waals surface area contributed by atoms with Crippen LogP contribution in [-0.4, -0.2) is 5.84 Å². The molecule has 9 aromatic carbocycles. The van der Waals surface area contributed by atoms with E-state index in [0.29, 0.717) is 0 Å². The van der Waals surface area contributed by atoms with Gasteiger partial charge in [-0.3, -0.25) is 0 Å². The lowest BCUT2D eigenvalue weighted by atomic mass is 9.88. The Kier molecular flexibility index (Phi) is 7.25. The maximum atomic E-state index is 5.38. The quantitative estimate of drug-likeness (QED) is 0.182. The summed E-state index contributed by atoms with van der Waals surface area (Å²) in [6.45, 7) is 0. The highest BCUT2D eigenvalue weighted by Gasteiger charge is 2.26. The molecule has 2 nitrogen and oxygen atoms in total. The van der Waals surface area contributed by atoms with Gasteiger partial charge in [-0.05, 0) is 114 Å². The van der Waals surface area contributed by atoms with E-state index in [1.165, 1.54) is 71.3 Å². The van der Waals surface area contributed by atoms with Gasteiger partial charge in [-0.2, -0.15) is 0 Å². The van der Waals surface area contributed by atoms with Crippen LogP contribution in [0.4, 0.5) is 5.69 Å². The predicted octanol–water partition coefficient (Wildman–Crippen LogP) is 12.9. The van der Waals surface area contributed by atoms with Crippen molar-refractivity contribution in [1.29, 1.82) is 0 Å². The van der Waals surface area contributed by atoms with Crippen LogP contribution in [0.25, 0.3) is 65.7 Å². The Hall–Kier alpha value is -6.77. The Morgan fingerprint density at radius 1 is 0.365 bits per heavy atom. The smallest absolute Gasteiger partial charge is 0.134 e. The Bertz CT molecular complexity index is 2760. The third kappa shape index (κ3) is 5.33. The molecule has 0 amide bonds. The first-order chi connectivity index (χ1) is 25.7. The first-order valence-corrected chi connectivity index (χ1v) is 17.9. The molecule has 0 aromatic heterocycles. The van der Waals surface area contributed by atoms with Crippen LogP contribution < -0.4 is 5.32 Å². The summed E-state index contributed by atoms with van der Waals surface area (Å²) in [7, 11) is 0. The summed E-state index contributed by atoms with van der Waals surface area (Å²) in [4.78, 5) is 5.38. The van der Waals surface area contributed by atoms with E-state index in [1.807, 2.05) is 0 Å². The number of benzene rings is 9. The van der Waals surface area contributed by atoms with E-state index in [4.69, 9.17) is 4.99 Å². The highest BCUT2D eigenvalue weighted by Crippen LogP contribution is 2.41. The first-order valence-electron chi connectivity index (χ1n) is 17.9. The Labute approximate surface area is 303 Å². The molecule has 0 saturated carbocycles. The number of hydrogen-bond donors (Lipinski definition) is 1. The van der Waals surface area contributed by atoms with Crippen LogP contribution in [0.15, 0.2) is 199 Å². The molecular formula is C50H34N2. The monoisotopic (exact) mass is 662 g/mol. The van der Waals surface area contributed by atoms with Crippen molar-refractivity contribution in [3.63, 3.8) is 0 Å². The summed E-state index contributed by atoms with van der Waals surface area (Å²) in [5, 5.41) is 11.3. The van der Waals surface area contributed by atoms with Crippen molar-refractivity contribution in [2.24, 2.45) is 4.99 Å². The summed E-state index contributed by atoms with van der Waals surface area (Å²) in [5.41, 5.74) is 11.5. The zero-order valence-corrected chi connectivity index (χ0v) is 28.5. The number of rotatable bonds is 5. The van der Waals surface area contributed by atoms with E-state index < -0.39 is 0 Å². The molecule has 1 heterocycles. The standard InChI is InChI=1S/C50H34N2/c1-3-13-33(14-4-1)38-25-26-47-46(32-38)49(35-16-5-2-6-17-35)52-50(51-47)43-30-41(37-24-23-34-15-7-8-18-36(34)27-37)29-42(31-43)48-44-21-11-9-19-39(44)28-40-20-10-12-22-45(40)48/h1-32,49H,(H,51,52). The molecule has 0 saturated heterocycles. The minimum Gasteiger partial charge on any atom is -0.359 e. The lowest BCUT2D eigenvalue weighted by molar-refractivity contribution is 0.750. The second-order valence-electron chi connectivity index (χ2n) is 13.6. The third-order valence-electron chi connectivity index (χ3n) is 10.4. The van der Waals surface area contributed by atoms with Crippen molar-refractivity contribution < 1.29 is 0 Å². The highest BCUT2D eigenvalue weighted by molar-refractivity contribution is 6.14. The van der Waals surface area contributed by atoms with Gasteiger partial charge in [-0.15, -0.1) is 0 Å². The zero-order valence-electron chi connectivity index (χ0n) is 28.5. The molecule has 244 valence electrons. The molecule has 1 atom stereocenters. The largest absolute Gasteiger partial charge is 0.359 e. The molecule has 0 radical (unpaired) electrons. The molecule has 1 aliphatic rings. The van der Waals surface area contributed by atoms with Crippen LogP contribution in [0, 0.1) is 0 Å². The fourth-order valence-electron chi connectivity index (χ4n) is 7.89. The van der Waals surface area contributed by atoms with Gasteiger partial charge in [0.25, 0.3) is 0 Å². The van der Waals surface area contributed by atoms with Crippen LogP contribution in [0.5, 0.6) is 0 Å². The van der Waals surface area contributed by atoms with Crippen molar-refractivity contribution in [1.82, 2.24) is 5.32 Å². The summed E-state index contributed by atoms with van der Waals surface area (Å²) in [6, 6.07) is 70.1. The maximum absolute atomic E-state index is 5.38. The SMILES string of the molecule is c1ccc(-c2ccc3c(c2)C(c2ccccc2)NC(c2cc(-c4ccc5ccccc5c4)cc(-c4c5ccccc5cc5ccccc45)c2)=N3)cc1. The van der Waals surface area contributed by atoms with Crippen LogP contribution in [0.1, 0.15) is 22.7 Å². The highest BCUT2D eigenvalue weighted by atomic mass is 15.1. The molecule has 10 rings (SSSR count). The number of aliphatic imine (C=N–C) groups is 1. The zero-order chi connectivity index (χ0) is 34.4. The molecule has 0 fully saturated rings. The number of amidine groups is 1. The van der Waals surface area contributed by atoms with Crippen LogP contribution in [0.3, 0.4) is 0 Å². The predicted molar refractivity (Wildman–Crippen MR) is 219 cm³/mol. The van der Waals surface area contributed by atoms with Crippen molar-refractivity contribution in [2.75, 3.05) is 0 Å². The van der Waals surface area contributed by atoms with Crippen LogP contribution in [-0.2, 0) is 0 Å². The van der Waals surface area contributed by atoms with Crippen molar-refractivity contribution in [3.8, 4) is 33.4 Å². The van der Waals surface area contributed by atoms with E-state index in [1.54, 1.807) is 0 Å². The Morgan fingerprint density at radius 3 is 1.69 bits per heavy atom. The van der Waals surface area contributed by atoms with E-state index in [2.05, 4.69) is 199 Å². The number of hydrogen-bond acceptors (Lipinski definition) is 2. The van der Waals surface area contributed by atoms with Gasteiger partial charge >= 0.3 is 0 Å². The molecular weight excluding hydrogens is 629 g/mol. The van der Waals surface area contributed by atoms with E-state index in [0.717, 1.165) is 22.6 Å². The number of fused-ring (bicyclic) bond motifs is 4. The fourth-order valence-corrected chi connectivity index (χ4v) is 7.89. The second-order valence-corrected chi connectivity index (χ2v) is 13.6. The Balaban J connectivity index is 1.21. The first kappa shape index (κ1) is 30.1. The summed E-state index contributed by atoms with van der Waals surface area (Å²) >= 11 is 0. The Morgan fingerprint density at radius 2 is 0.942 bits per heavy atom. The van der Waals surface area contributed by atoms with Gasteiger partial charge in [-0.1, -0.05) is 152 Å². The van der Waals surface area contributed by atoms with Gasteiger partial charge in [0.2, 0.25) is 0 Å². The molecule has 0 aliphatic carbocycles. The maximum Gasteiger partial charge on any atom is 0.134 e. The molecule has 1 unspecified atom stereocenters. The van der Waals surface area contributed by atoms with Gasteiger partial charge in [0, 0.05) is 11.1 Å². The average Bonchev–Trinajstić information content (AvgIpc) is 3.22. The van der Waals surface area contributed by atoms with E-state index >= 15 is 0 Å². The molecule has 0 bridgehead atoms. The van der Waals surface area contributed by atoms with Gasteiger partial charge < -0.3 is 5.32 Å². The minimum atomic E-state index is -0.0708. The van der Waals surface area contributed by atoms with E-state index in [9.17, 15) is 0 Å².